The van der Waals surface area contributed by atoms with Gasteiger partial charge in [0.05, 0.1) is 18.5 Å². The van der Waals surface area contributed by atoms with Crippen molar-refractivity contribution in [3.8, 4) is 34.5 Å². The minimum absolute atomic E-state index is 0.475. The van der Waals surface area contributed by atoms with Crippen LogP contribution in [0.5, 0.6) is 5.75 Å². The van der Waals surface area contributed by atoms with Gasteiger partial charge in [-0.05, 0) is 49.2 Å². The second-order valence-electron chi connectivity index (χ2n) is 6.34. The van der Waals surface area contributed by atoms with Gasteiger partial charge in [-0.1, -0.05) is 29.7 Å². The first-order valence-electron chi connectivity index (χ1n) is 8.89. The summed E-state index contributed by atoms with van der Waals surface area (Å²) in [5, 5.41) is 15.5. The second kappa shape index (κ2) is 8.82. The SMILES string of the molecule is COc1ccc(-n2nc(C#CC(C)N(O)C(C)=O)cc2-c2ccc(Cl)cc2)cc1. The molecule has 1 amide bonds. The minimum atomic E-state index is -0.655. The average molecular weight is 410 g/mol. The normalized spacial score (nSPS) is 11.3. The Bertz CT molecular complexity index is 1060. The van der Waals surface area contributed by atoms with Gasteiger partial charge in [0.25, 0.3) is 0 Å². The number of methoxy groups -OCH3 is 1. The molecular formula is C22H20ClN3O3. The summed E-state index contributed by atoms with van der Waals surface area (Å²) in [5.74, 6) is 6.04. The Morgan fingerprint density at radius 3 is 2.45 bits per heavy atom. The number of aromatic nitrogens is 2. The zero-order valence-electron chi connectivity index (χ0n) is 16.3. The molecule has 1 heterocycles. The van der Waals surface area contributed by atoms with Gasteiger partial charge in [-0.15, -0.1) is 0 Å². The summed E-state index contributed by atoms with van der Waals surface area (Å²) < 4.78 is 7.00. The molecule has 6 nitrogen and oxygen atoms in total. The van der Waals surface area contributed by atoms with Crippen molar-refractivity contribution in [2.45, 2.75) is 19.9 Å². The van der Waals surface area contributed by atoms with Gasteiger partial charge in [-0.3, -0.25) is 10.0 Å². The number of halogens is 1. The predicted molar refractivity (Wildman–Crippen MR) is 111 cm³/mol. The third-order valence-electron chi connectivity index (χ3n) is 4.26. The number of ether oxygens (including phenoxy) is 1. The van der Waals surface area contributed by atoms with Crippen molar-refractivity contribution >= 4 is 17.5 Å². The number of hydrogen-bond acceptors (Lipinski definition) is 4. The number of hydroxylamine groups is 2. The number of carbonyl (C=O) groups excluding carboxylic acids is 1. The van der Waals surface area contributed by atoms with Gasteiger partial charge < -0.3 is 4.74 Å². The first-order valence-corrected chi connectivity index (χ1v) is 9.27. The summed E-state index contributed by atoms with van der Waals surface area (Å²) in [5.41, 5.74) is 3.10. The van der Waals surface area contributed by atoms with Crippen LogP contribution in [0.1, 0.15) is 19.5 Å². The summed E-state index contributed by atoms with van der Waals surface area (Å²) in [6, 6.07) is 16.1. The highest BCUT2D eigenvalue weighted by Crippen LogP contribution is 2.26. The molecule has 3 aromatic rings. The van der Waals surface area contributed by atoms with E-state index < -0.39 is 11.9 Å². The van der Waals surface area contributed by atoms with Crippen LogP contribution in [0.3, 0.4) is 0 Å². The lowest BCUT2D eigenvalue weighted by atomic mass is 10.1. The van der Waals surface area contributed by atoms with Crippen molar-refractivity contribution in [2.75, 3.05) is 7.11 Å². The van der Waals surface area contributed by atoms with Gasteiger partial charge >= 0.3 is 0 Å². The minimum Gasteiger partial charge on any atom is -0.497 e. The van der Waals surface area contributed by atoms with Crippen molar-refractivity contribution in [3.05, 3.63) is 65.3 Å². The van der Waals surface area contributed by atoms with Crippen molar-refractivity contribution in [2.24, 2.45) is 0 Å². The fraction of sp³-hybridized carbons (Fsp3) is 0.182. The molecule has 29 heavy (non-hydrogen) atoms. The molecule has 0 fully saturated rings. The Kier molecular flexibility index (Phi) is 6.23. The highest BCUT2D eigenvalue weighted by atomic mass is 35.5. The zero-order chi connectivity index (χ0) is 21.0. The van der Waals surface area contributed by atoms with Crippen LogP contribution in [0, 0.1) is 11.8 Å². The third kappa shape index (κ3) is 4.77. The van der Waals surface area contributed by atoms with Crippen LogP contribution in [0.25, 0.3) is 16.9 Å². The van der Waals surface area contributed by atoms with E-state index in [1.54, 1.807) is 18.7 Å². The maximum Gasteiger partial charge on any atom is 0.243 e. The Morgan fingerprint density at radius 2 is 1.86 bits per heavy atom. The summed E-state index contributed by atoms with van der Waals surface area (Å²) in [7, 11) is 1.61. The molecule has 1 N–H and O–H groups in total. The zero-order valence-corrected chi connectivity index (χ0v) is 17.0. The van der Waals surface area contributed by atoms with Crippen LogP contribution in [0.2, 0.25) is 5.02 Å². The van der Waals surface area contributed by atoms with Crippen LogP contribution in [-0.4, -0.2) is 39.1 Å². The van der Waals surface area contributed by atoms with Gasteiger partial charge in [0.2, 0.25) is 5.91 Å². The maximum absolute atomic E-state index is 11.3. The first-order chi connectivity index (χ1) is 13.9. The lowest BCUT2D eigenvalue weighted by Crippen LogP contribution is -2.32. The fourth-order valence-electron chi connectivity index (χ4n) is 2.70. The quantitative estimate of drug-likeness (QED) is 0.399. The van der Waals surface area contributed by atoms with E-state index in [2.05, 4.69) is 16.9 Å². The first kappa shape index (κ1) is 20.5. The lowest BCUT2D eigenvalue weighted by Gasteiger charge is -2.15. The van der Waals surface area contributed by atoms with Gasteiger partial charge in [0.15, 0.2) is 0 Å². The number of carbonyl (C=O) groups is 1. The molecule has 1 atom stereocenters. The molecule has 0 radical (unpaired) electrons. The van der Waals surface area contributed by atoms with Gasteiger partial charge in [0, 0.05) is 23.6 Å². The Morgan fingerprint density at radius 1 is 1.21 bits per heavy atom. The van der Waals surface area contributed by atoms with Gasteiger partial charge in [-0.2, -0.15) is 5.10 Å². The molecule has 148 valence electrons. The molecule has 0 saturated heterocycles. The van der Waals surface area contributed by atoms with Crippen molar-refractivity contribution in [1.29, 1.82) is 0 Å². The maximum atomic E-state index is 11.3. The highest BCUT2D eigenvalue weighted by Gasteiger charge is 2.13. The molecule has 1 aromatic heterocycles. The van der Waals surface area contributed by atoms with Crippen molar-refractivity contribution in [1.82, 2.24) is 14.8 Å². The number of nitrogens with zero attached hydrogens (tertiary/aromatic N) is 3. The number of amides is 1. The van der Waals surface area contributed by atoms with Crippen LogP contribution in [0.15, 0.2) is 54.6 Å². The fourth-order valence-corrected chi connectivity index (χ4v) is 2.83. The van der Waals surface area contributed by atoms with E-state index in [0.29, 0.717) is 15.8 Å². The van der Waals surface area contributed by atoms with E-state index in [9.17, 15) is 10.0 Å². The van der Waals surface area contributed by atoms with E-state index in [0.717, 1.165) is 22.7 Å². The Labute approximate surface area is 174 Å². The lowest BCUT2D eigenvalue weighted by molar-refractivity contribution is -0.166. The molecule has 7 heteroatoms. The van der Waals surface area contributed by atoms with E-state index in [1.165, 1.54) is 6.92 Å². The van der Waals surface area contributed by atoms with Crippen molar-refractivity contribution in [3.63, 3.8) is 0 Å². The molecule has 3 rings (SSSR count). The van der Waals surface area contributed by atoms with Crippen LogP contribution in [-0.2, 0) is 4.79 Å². The number of benzene rings is 2. The smallest absolute Gasteiger partial charge is 0.243 e. The summed E-state index contributed by atoms with van der Waals surface area (Å²) >= 11 is 6.02. The van der Waals surface area contributed by atoms with Crippen LogP contribution >= 0.6 is 11.6 Å². The molecule has 0 aliphatic carbocycles. The summed E-state index contributed by atoms with van der Waals surface area (Å²) in [6.07, 6.45) is 0. The topological polar surface area (TPSA) is 67.6 Å². The largest absolute Gasteiger partial charge is 0.497 e. The van der Waals surface area contributed by atoms with Gasteiger partial charge in [0.1, 0.15) is 17.5 Å². The molecule has 1 unspecified atom stereocenters. The van der Waals surface area contributed by atoms with E-state index in [-0.39, 0.29) is 0 Å². The molecule has 0 bridgehead atoms. The average Bonchev–Trinajstić information content (AvgIpc) is 3.16. The van der Waals surface area contributed by atoms with Gasteiger partial charge in [-0.25, -0.2) is 9.75 Å². The second-order valence-corrected chi connectivity index (χ2v) is 6.78. The monoisotopic (exact) mass is 409 g/mol. The third-order valence-corrected chi connectivity index (χ3v) is 4.52. The Balaban J connectivity index is 2.04. The van der Waals surface area contributed by atoms with E-state index >= 15 is 0 Å². The van der Waals surface area contributed by atoms with Crippen LogP contribution < -0.4 is 4.74 Å². The highest BCUT2D eigenvalue weighted by molar-refractivity contribution is 6.30. The predicted octanol–water partition coefficient (Wildman–Crippen LogP) is 4.18. The number of hydrogen-bond donors (Lipinski definition) is 1. The van der Waals surface area contributed by atoms with E-state index in [4.69, 9.17) is 16.3 Å². The standard InChI is InChI=1S/C22H20ClN3O3/c1-15(26(28)16(2)27)4-9-19-14-22(17-5-7-18(23)8-6-17)25(24-19)20-10-12-21(29-3)13-11-20/h5-8,10-15,28H,1-3H3. The molecule has 0 spiro atoms. The number of rotatable bonds is 4. The molecule has 0 aliphatic rings. The summed E-state index contributed by atoms with van der Waals surface area (Å²) in [6.45, 7) is 2.91. The Hall–Kier alpha value is -3.27. The van der Waals surface area contributed by atoms with Crippen LogP contribution in [0.4, 0.5) is 0 Å². The molecule has 2 aromatic carbocycles. The molecule has 0 aliphatic heterocycles. The molecule has 0 saturated carbocycles. The summed E-state index contributed by atoms with van der Waals surface area (Å²) in [4.78, 5) is 11.3. The van der Waals surface area contributed by atoms with E-state index in [1.807, 2.05) is 54.6 Å². The molecular weight excluding hydrogens is 390 g/mol. The van der Waals surface area contributed by atoms with Crippen molar-refractivity contribution < 1.29 is 14.7 Å².